The van der Waals surface area contributed by atoms with Gasteiger partial charge in [-0.1, -0.05) is 131 Å². The van der Waals surface area contributed by atoms with Crippen molar-refractivity contribution in [1.82, 2.24) is 4.98 Å². The van der Waals surface area contributed by atoms with Crippen LogP contribution in [0.2, 0.25) is 0 Å². The van der Waals surface area contributed by atoms with Crippen LogP contribution >= 0.6 is 0 Å². The van der Waals surface area contributed by atoms with E-state index in [1.807, 2.05) is 0 Å². The molecule has 43 heavy (non-hydrogen) atoms. The van der Waals surface area contributed by atoms with E-state index in [0.29, 0.717) is 17.7 Å². The Morgan fingerprint density at radius 2 is 0.953 bits per heavy atom. The second-order valence-electron chi connectivity index (χ2n) is 11.8. The van der Waals surface area contributed by atoms with E-state index >= 15 is 0 Å². The van der Waals surface area contributed by atoms with Crippen molar-refractivity contribution in [3.05, 3.63) is 126 Å². The molecule has 0 N–H and O–H groups in total. The number of aromatic nitrogens is 1. The van der Waals surface area contributed by atoms with Crippen LogP contribution in [0.1, 0.15) is 63.5 Å². The number of hydrogen-bond acceptors (Lipinski definition) is 2. The average molecular weight is 560 g/mol. The molecular weight excluding hydrogens is 522 g/mol. The van der Waals surface area contributed by atoms with Gasteiger partial charge in [0.1, 0.15) is 5.52 Å². The van der Waals surface area contributed by atoms with Crippen molar-refractivity contribution in [2.75, 3.05) is 0 Å². The highest BCUT2D eigenvalue weighted by molar-refractivity contribution is 6.21. The second kappa shape index (κ2) is 11.2. The van der Waals surface area contributed by atoms with Crippen molar-refractivity contribution in [1.29, 1.82) is 0 Å². The molecule has 0 spiro atoms. The van der Waals surface area contributed by atoms with Crippen molar-refractivity contribution < 1.29 is 4.42 Å². The second-order valence-corrected chi connectivity index (χ2v) is 11.8. The van der Waals surface area contributed by atoms with E-state index in [-0.39, 0.29) is 0 Å². The zero-order chi connectivity index (χ0) is 29.5. The number of nitrogens with zero attached hydrogens (tertiary/aromatic N) is 1. The summed E-state index contributed by atoms with van der Waals surface area (Å²) in [6.45, 7) is 9.01. The van der Waals surface area contributed by atoms with Crippen molar-refractivity contribution in [3.63, 3.8) is 0 Å². The van der Waals surface area contributed by atoms with Gasteiger partial charge in [-0.3, -0.25) is 0 Å². The highest BCUT2D eigenvalue weighted by atomic mass is 16.3. The Kier molecular flexibility index (Phi) is 7.07. The molecule has 0 aliphatic carbocycles. The SMILES string of the molecule is CCC(C)c1ccc(C(C)CC)c2oc(-c3ccc(-c4c5ccccc5c(-c5ccccc5)c5ccccc45)cc3)nc12. The summed E-state index contributed by atoms with van der Waals surface area (Å²) in [5.74, 6) is 1.53. The first kappa shape index (κ1) is 27.2. The number of oxazole rings is 1. The summed E-state index contributed by atoms with van der Waals surface area (Å²) in [5.41, 5.74) is 10.4. The van der Waals surface area contributed by atoms with Crippen LogP contribution in [0.5, 0.6) is 0 Å². The Labute approximate surface area is 254 Å². The predicted molar refractivity (Wildman–Crippen MR) is 183 cm³/mol. The molecule has 212 valence electrons. The maximum atomic E-state index is 6.58. The number of hydrogen-bond donors (Lipinski definition) is 0. The van der Waals surface area contributed by atoms with E-state index in [1.165, 1.54) is 54.9 Å². The van der Waals surface area contributed by atoms with Gasteiger partial charge in [-0.05, 0) is 91.7 Å². The first-order chi connectivity index (χ1) is 21.1. The fraction of sp³-hybridized carbons (Fsp3) is 0.195. The Morgan fingerprint density at radius 3 is 1.49 bits per heavy atom. The molecule has 2 unspecified atom stereocenters. The van der Waals surface area contributed by atoms with Crippen molar-refractivity contribution in [2.24, 2.45) is 0 Å². The van der Waals surface area contributed by atoms with Crippen LogP contribution in [0, 0.1) is 0 Å². The molecule has 0 fully saturated rings. The van der Waals surface area contributed by atoms with Gasteiger partial charge >= 0.3 is 0 Å². The fourth-order valence-corrected chi connectivity index (χ4v) is 6.53. The molecule has 0 bridgehead atoms. The van der Waals surface area contributed by atoms with Crippen LogP contribution in [0.25, 0.3) is 66.4 Å². The molecule has 2 atom stereocenters. The molecule has 2 nitrogen and oxygen atoms in total. The van der Waals surface area contributed by atoms with E-state index < -0.39 is 0 Å². The zero-order valence-corrected chi connectivity index (χ0v) is 25.4. The lowest BCUT2D eigenvalue weighted by atomic mass is 9.86. The lowest BCUT2D eigenvalue weighted by Crippen LogP contribution is -1.97. The molecule has 0 aliphatic rings. The summed E-state index contributed by atoms with van der Waals surface area (Å²) >= 11 is 0. The van der Waals surface area contributed by atoms with Crippen LogP contribution in [-0.4, -0.2) is 4.98 Å². The topological polar surface area (TPSA) is 26.0 Å². The highest BCUT2D eigenvalue weighted by Crippen LogP contribution is 2.44. The van der Waals surface area contributed by atoms with E-state index in [1.54, 1.807) is 0 Å². The summed E-state index contributed by atoms with van der Waals surface area (Å²) in [6.07, 6.45) is 2.13. The minimum Gasteiger partial charge on any atom is -0.436 e. The molecule has 2 heteroatoms. The molecule has 7 aromatic rings. The zero-order valence-electron chi connectivity index (χ0n) is 25.4. The first-order valence-corrected chi connectivity index (χ1v) is 15.6. The first-order valence-electron chi connectivity index (χ1n) is 15.6. The molecule has 6 aromatic carbocycles. The summed E-state index contributed by atoms with van der Waals surface area (Å²) in [6, 6.07) is 41.6. The number of benzene rings is 6. The van der Waals surface area contributed by atoms with E-state index in [4.69, 9.17) is 9.40 Å². The maximum absolute atomic E-state index is 6.58. The molecule has 0 radical (unpaired) electrons. The molecule has 1 heterocycles. The molecule has 7 rings (SSSR count). The van der Waals surface area contributed by atoms with Crippen LogP contribution < -0.4 is 0 Å². The minimum atomic E-state index is 0.414. The Bertz CT molecular complexity index is 1960. The van der Waals surface area contributed by atoms with Crippen molar-refractivity contribution in [3.8, 4) is 33.7 Å². The fourth-order valence-electron chi connectivity index (χ4n) is 6.53. The van der Waals surface area contributed by atoms with Gasteiger partial charge in [-0.25, -0.2) is 4.98 Å². The third kappa shape index (κ3) is 4.62. The van der Waals surface area contributed by atoms with E-state index in [9.17, 15) is 0 Å². The minimum absolute atomic E-state index is 0.414. The number of rotatable bonds is 7. The molecule has 0 amide bonds. The van der Waals surface area contributed by atoms with Gasteiger partial charge in [0, 0.05) is 5.56 Å². The monoisotopic (exact) mass is 559 g/mol. The van der Waals surface area contributed by atoms with Crippen molar-refractivity contribution in [2.45, 2.75) is 52.4 Å². The normalized spacial score (nSPS) is 13.1. The molecular formula is C41H37NO. The Balaban J connectivity index is 1.39. The summed E-state index contributed by atoms with van der Waals surface area (Å²) in [5, 5.41) is 5.04. The molecule has 1 aromatic heterocycles. The standard InChI is InChI=1S/C41H37NO/c1-5-26(3)31-24-25-32(27(4)6-2)40-39(31)42-41(43-40)30-22-20-29(21-23-30)38-35-18-12-10-16-33(35)37(28-14-8-7-9-15-28)34-17-11-13-19-36(34)38/h7-27H,5-6H2,1-4H3. The van der Waals surface area contributed by atoms with E-state index in [0.717, 1.165) is 29.5 Å². The third-order valence-electron chi connectivity index (χ3n) is 9.31. The van der Waals surface area contributed by atoms with Crippen molar-refractivity contribution >= 4 is 32.6 Å². The quantitative estimate of drug-likeness (QED) is 0.182. The van der Waals surface area contributed by atoms with E-state index in [2.05, 4.69) is 143 Å². The maximum Gasteiger partial charge on any atom is 0.227 e. The summed E-state index contributed by atoms with van der Waals surface area (Å²) in [7, 11) is 0. The van der Waals surface area contributed by atoms with Gasteiger partial charge in [0.05, 0.1) is 0 Å². The molecule has 0 saturated carbocycles. The Morgan fingerprint density at radius 1 is 0.512 bits per heavy atom. The van der Waals surface area contributed by atoms with Crippen LogP contribution in [0.3, 0.4) is 0 Å². The lowest BCUT2D eigenvalue weighted by molar-refractivity contribution is 0.605. The Hall–Kier alpha value is -4.69. The van der Waals surface area contributed by atoms with Gasteiger partial charge in [-0.2, -0.15) is 0 Å². The van der Waals surface area contributed by atoms with Gasteiger partial charge in [0.2, 0.25) is 5.89 Å². The largest absolute Gasteiger partial charge is 0.436 e. The van der Waals surface area contributed by atoms with Gasteiger partial charge in [0.25, 0.3) is 0 Å². The van der Waals surface area contributed by atoms with Gasteiger partial charge in [0.15, 0.2) is 5.58 Å². The summed E-state index contributed by atoms with van der Waals surface area (Å²) in [4.78, 5) is 5.11. The smallest absolute Gasteiger partial charge is 0.227 e. The van der Waals surface area contributed by atoms with Gasteiger partial charge < -0.3 is 4.42 Å². The molecule has 0 saturated heterocycles. The van der Waals surface area contributed by atoms with Crippen LogP contribution in [-0.2, 0) is 0 Å². The third-order valence-corrected chi connectivity index (χ3v) is 9.31. The summed E-state index contributed by atoms with van der Waals surface area (Å²) < 4.78 is 6.58. The van der Waals surface area contributed by atoms with Crippen LogP contribution in [0.15, 0.2) is 120 Å². The average Bonchev–Trinajstić information content (AvgIpc) is 3.52. The van der Waals surface area contributed by atoms with Crippen LogP contribution in [0.4, 0.5) is 0 Å². The highest BCUT2D eigenvalue weighted by Gasteiger charge is 2.21. The predicted octanol–water partition coefficient (Wildman–Crippen LogP) is 12.2. The van der Waals surface area contributed by atoms with Gasteiger partial charge in [-0.15, -0.1) is 0 Å². The lowest BCUT2D eigenvalue weighted by Gasteiger charge is -2.17. The molecule has 0 aliphatic heterocycles. The number of fused-ring (bicyclic) bond motifs is 3.